The number of hydrogen-bond donors (Lipinski definition) is 1. The molecule has 1 saturated heterocycles. The smallest absolute Gasteiger partial charge is 0.222 e. The van der Waals surface area contributed by atoms with Crippen molar-refractivity contribution in [2.45, 2.75) is 47.1 Å². The Balaban J connectivity index is 2.56. The van der Waals surface area contributed by atoms with Gasteiger partial charge in [0.15, 0.2) is 0 Å². The average molecular weight is 240 g/mol. The Morgan fingerprint density at radius 3 is 2.41 bits per heavy atom. The summed E-state index contributed by atoms with van der Waals surface area (Å²) in [5.41, 5.74) is 0. The maximum absolute atomic E-state index is 11.8. The molecule has 1 amide bonds. The molecule has 3 heteroatoms. The molecule has 1 heterocycles. The van der Waals surface area contributed by atoms with Gasteiger partial charge in [0, 0.05) is 25.0 Å². The maximum Gasteiger partial charge on any atom is 0.222 e. The third-order valence-corrected chi connectivity index (χ3v) is 3.82. The van der Waals surface area contributed by atoms with E-state index in [0.29, 0.717) is 17.9 Å². The quantitative estimate of drug-likeness (QED) is 0.816. The van der Waals surface area contributed by atoms with E-state index in [4.69, 9.17) is 0 Å². The second kappa shape index (κ2) is 6.39. The Bertz CT molecular complexity index is 251. The minimum atomic E-state index is 0.0875. The molecule has 2 unspecified atom stereocenters. The maximum atomic E-state index is 11.8. The molecule has 0 aromatic rings. The van der Waals surface area contributed by atoms with Gasteiger partial charge in [0.25, 0.3) is 0 Å². The number of amides is 1. The number of carbonyl (C=O) groups excluding carboxylic acids is 1. The van der Waals surface area contributed by atoms with Crippen LogP contribution >= 0.6 is 0 Å². The largest absolute Gasteiger partial charge is 0.352 e. The van der Waals surface area contributed by atoms with Gasteiger partial charge in [-0.05, 0) is 24.8 Å². The van der Waals surface area contributed by atoms with Gasteiger partial charge in [0.2, 0.25) is 5.91 Å². The van der Waals surface area contributed by atoms with Crippen LogP contribution < -0.4 is 5.32 Å². The van der Waals surface area contributed by atoms with E-state index in [0.717, 1.165) is 19.5 Å². The number of carbonyl (C=O) groups is 1. The molecule has 0 radical (unpaired) electrons. The summed E-state index contributed by atoms with van der Waals surface area (Å²) in [5.74, 6) is 1.68. The highest BCUT2D eigenvalue weighted by atomic mass is 16.1. The molecule has 17 heavy (non-hydrogen) atoms. The zero-order chi connectivity index (χ0) is 13.0. The molecular weight excluding hydrogens is 212 g/mol. The zero-order valence-electron chi connectivity index (χ0n) is 12.0. The summed E-state index contributed by atoms with van der Waals surface area (Å²) in [6.07, 6.45) is 1.13. The van der Waals surface area contributed by atoms with Crippen LogP contribution in [0.4, 0.5) is 0 Å². The van der Waals surface area contributed by atoms with Gasteiger partial charge in [-0.2, -0.15) is 0 Å². The monoisotopic (exact) mass is 240 g/mol. The normalized spacial score (nSPS) is 26.5. The lowest BCUT2D eigenvalue weighted by atomic mass is 9.85. The average Bonchev–Trinajstić information content (AvgIpc) is 2.28. The van der Waals surface area contributed by atoms with Crippen molar-refractivity contribution in [2.24, 2.45) is 17.8 Å². The van der Waals surface area contributed by atoms with Crippen LogP contribution in [-0.4, -0.2) is 36.5 Å². The molecule has 2 atom stereocenters. The van der Waals surface area contributed by atoms with Crippen LogP contribution in [0.1, 0.15) is 41.0 Å². The van der Waals surface area contributed by atoms with E-state index < -0.39 is 0 Å². The number of likely N-dealkylation sites (N-methyl/N-ethyl adjacent to an activating group) is 1. The molecule has 100 valence electrons. The van der Waals surface area contributed by atoms with Crippen LogP contribution in [0, 0.1) is 17.8 Å². The van der Waals surface area contributed by atoms with Crippen molar-refractivity contribution in [3.05, 3.63) is 0 Å². The van der Waals surface area contributed by atoms with Crippen LogP contribution in [0.3, 0.4) is 0 Å². The summed E-state index contributed by atoms with van der Waals surface area (Å²) in [4.78, 5) is 14.2. The third kappa shape index (κ3) is 4.30. The first kappa shape index (κ1) is 14.5. The molecule has 0 saturated carbocycles. The number of nitrogens with one attached hydrogen (secondary N) is 1. The molecule has 1 fully saturated rings. The molecular formula is C14H28N2O. The number of piperidine rings is 1. The van der Waals surface area contributed by atoms with Gasteiger partial charge in [-0.15, -0.1) is 0 Å². The predicted octanol–water partition coefficient (Wildman–Crippen LogP) is 2.12. The SMILES string of the molecule is CCN1CC(NC(=O)C(C)C)CC(C(C)C)C1. The van der Waals surface area contributed by atoms with E-state index >= 15 is 0 Å². The van der Waals surface area contributed by atoms with Crippen LogP contribution in [-0.2, 0) is 4.79 Å². The Morgan fingerprint density at radius 1 is 1.29 bits per heavy atom. The first-order valence-electron chi connectivity index (χ1n) is 6.96. The number of hydrogen-bond acceptors (Lipinski definition) is 2. The molecule has 1 aliphatic rings. The first-order valence-corrected chi connectivity index (χ1v) is 6.96. The van der Waals surface area contributed by atoms with Crippen molar-refractivity contribution >= 4 is 5.91 Å². The van der Waals surface area contributed by atoms with Crippen molar-refractivity contribution in [3.8, 4) is 0 Å². The van der Waals surface area contributed by atoms with Crippen molar-refractivity contribution in [3.63, 3.8) is 0 Å². The summed E-state index contributed by atoms with van der Waals surface area (Å²) >= 11 is 0. The summed E-state index contributed by atoms with van der Waals surface area (Å²) < 4.78 is 0. The summed E-state index contributed by atoms with van der Waals surface area (Å²) in [6.45, 7) is 13.9. The van der Waals surface area contributed by atoms with E-state index in [2.05, 4.69) is 31.0 Å². The van der Waals surface area contributed by atoms with Crippen molar-refractivity contribution in [1.82, 2.24) is 10.2 Å². The Labute approximate surface area is 106 Å². The van der Waals surface area contributed by atoms with Crippen LogP contribution in [0.5, 0.6) is 0 Å². The van der Waals surface area contributed by atoms with Crippen LogP contribution in [0.2, 0.25) is 0 Å². The molecule has 0 bridgehead atoms. The molecule has 0 aromatic heterocycles. The summed E-state index contributed by atoms with van der Waals surface area (Å²) in [6, 6.07) is 0.339. The van der Waals surface area contributed by atoms with Crippen molar-refractivity contribution in [2.75, 3.05) is 19.6 Å². The van der Waals surface area contributed by atoms with Gasteiger partial charge in [0.05, 0.1) is 0 Å². The molecule has 3 nitrogen and oxygen atoms in total. The molecule has 1 rings (SSSR count). The number of rotatable bonds is 4. The highest BCUT2D eigenvalue weighted by Gasteiger charge is 2.29. The highest BCUT2D eigenvalue weighted by molar-refractivity contribution is 5.78. The zero-order valence-corrected chi connectivity index (χ0v) is 12.0. The highest BCUT2D eigenvalue weighted by Crippen LogP contribution is 2.23. The lowest BCUT2D eigenvalue weighted by Crippen LogP contribution is -2.52. The van der Waals surface area contributed by atoms with Gasteiger partial charge in [-0.1, -0.05) is 34.6 Å². The van der Waals surface area contributed by atoms with E-state index in [-0.39, 0.29) is 11.8 Å². The molecule has 0 spiro atoms. The molecule has 0 aromatic carbocycles. The molecule has 0 aliphatic carbocycles. The van der Waals surface area contributed by atoms with Gasteiger partial charge < -0.3 is 10.2 Å². The number of nitrogens with zero attached hydrogens (tertiary/aromatic N) is 1. The standard InChI is InChI=1S/C14H28N2O/c1-6-16-8-12(10(2)3)7-13(9-16)15-14(17)11(4)5/h10-13H,6-9H2,1-5H3,(H,15,17). The van der Waals surface area contributed by atoms with Gasteiger partial charge in [-0.3, -0.25) is 4.79 Å². The fourth-order valence-electron chi connectivity index (χ4n) is 2.45. The Morgan fingerprint density at radius 2 is 1.94 bits per heavy atom. The fraction of sp³-hybridized carbons (Fsp3) is 0.929. The van der Waals surface area contributed by atoms with Crippen molar-refractivity contribution in [1.29, 1.82) is 0 Å². The van der Waals surface area contributed by atoms with Gasteiger partial charge in [0.1, 0.15) is 0 Å². The van der Waals surface area contributed by atoms with E-state index in [9.17, 15) is 4.79 Å². The number of likely N-dealkylation sites (tertiary alicyclic amines) is 1. The second-order valence-corrected chi connectivity index (χ2v) is 5.95. The molecule has 1 N–H and O–H groups in total. The van der Waals surface area contributed by atoms with E-state index in [1.807, 2.05) is 13.8 Å². The lowest BCUT2D eigenvalue weighted by molar-refractivity contribution is -0.125. The predicted molar refractivity (Wildman–Crippen MR) is 71.8 cm³/mol. The van der Waals surface area contributed by atoms with E-state index in [1.54, 1.807) is 0 Å². The molecule has 1 aliphatic heterocycles. The second-order valence-electron chi connectivity index (χ2n) is 5.95. The summed E-state index contributed by atoms with van der Waals surface area (Å²) in [7, 11) is 0. The Kier molecular flexibility index (Phi) is 5.44. The van der Waals surface area contributed by atoms with Gasteiger partial charge >= 0.3 is 0 Å². The minimum absolute atomic E-state index is 0.0875. The lowest BCUT2D eigenvalue weighted by Gasteiger charge is -2.39. The third-order valence-electron chi connectivity index (χ3n) is 3.82. The fourth-order valence-corrected chi connectivity index (χ4v) is 2.45. The minimum Gasteiger partial charge on any atom is -0.352 e. The summed E-state index contributed by atoms with van der Waals surface area (Å²) in [5, 5.41) is 3.19. The Hall–Kier alpha value is -0.570. The first-order chi connectivity index (χ1) is 7.93. The van der Waals surface area contributed by atoms with Crippen molar-refractivity contribution < 1.29 is 4.79 Å². The van der Waals surface area contributed by atoms with Crippen LogP contribution in [0.25, 0.3) is 0 Å². The van der Waals surface area contributed by atoms with Gasteiger partial charge in [-0.25, -0.2) is 0 Å². The van der Waals surface area contributed by atoms with Crippen LogP contribution in [0.15, 0.2) is 0 Å². The van der Waals surface area contributed by atoms with E-state index in [1.165, 1.54) is 6.54 Å². The topological polar surface area (TPSA) is 32.3 Å².